The lowest BCUT2D eigenvalue weighted by molar-refractivity contribution is -0.132. The molecule has 1 fully saturated rings. The fraction of sp³-hybridized carbons (Fsp3) is 0.909. The van der Waals surface area contributed by atoms with Crippen molar-refractivity contribution >= 4 is 15.7 Å². The molecule has 6 heteroatoms. The summed E-state index contributed by atoms with van der Waals surface area (Å²) >= 11 is 0. The van der Waals surface area contributed by atoms with E-state index in [1.165, 1.54) is 6.26 Å². The molecule has 1 aliphatic rings. The van der Waals surface area contributed by atoms with E-state index in [0.717, 1.165) is 0 Å². The van der Waals surface area contributed by atoms with Crippen LogP contribution in [0.1, 0.15) is 26.7 Å². The van der Waals surface area contributed by atoms with Crippen molar-refractivity contribution in [2.75, 3.05) is 25.1 Å². The number of piperazine rings is 1. The number of amides is 1. The van der Waals surface area contributed by atoms with Crippen LogP contribution in [0.5, 0.6) is 0 Å². The first kappa shape index (κ1) is 14.4. The molecule has 2 atom stereocenters. The highest BCUT2D eigenvalue weighted by molar-refractivity contribution is 7.90. The van der Waals surface area contributed by atoms with Crippen LogP contribution in [0.25, 0.3) is 0 Å². The molecular weight excluding hydrogens is 240 g/mol. The standard InChI is InChI=1S/C11H22N2O3S/c1-9-7-13(8-10(2)12-9)11(14)5-4-6-17(3,15)16/h9-10,12H,4-8H2,1-3H3/t9-,10+. The van der Waals surface area contributed by atoms with E-state index in [1.807, 2.05) is 18.7 Å². The van der Waals surface area contributed by atoms with E-state index < -0.39 is 9.84 Å². The number of nitrogens with one attached hydrogen (secondary N) is 1. The summed E-state index contributed by atoms with van der Waals surface area (Å²) in [7, 11) is -2.96. The average molecular weight is 262 g/mol. The van der Waals surface area contributed by atoms with E-state index in [1.54, 1.807) is 0 Å². The van der Waals surface area contributed by atoms with Gasteiger partial charge < -0.3 is 10.2 Å². The second-order valence-corrected chi connectivity index (χ2v) is 7.26. The van der Waals surface area contributed by atoms with Crippen LogP contribution in [0.3, 0.4) is 0 Å². The van der Waals surface area contributed by atoms with Crippen molar-refractivity contribution in [3.05, 3.63) is 0 Å². The third-order valence-corrected chi connectivity index (χ3v) is 3.85. The molecule has 1 N–H and O–H groups in total. The van der Waals surface area contributed by atoms with Crippen molar-refractivity contribution in [3.63, 3.8) is 0 Å². The molecular formula is C11H22N2O3S. The van der Waals surface area contributed by atoms with Crippen molar-refractivity contribution < 1.29 is 13.2 Å². The van der Waals surface area contributed by atoms with Crippen molar-refractivity contribution in [2.24, 2.45) is 0 Å². The van der Waals surface area contributed by atoms with E-state index in [0.29, 0.717) is 38.0 Å². The summed E-state index contributed by atoms with van der Waals surface area (Å²) in [6.07, 6.45) is 1.95. The summed E-state index contributed by atoms with van der Waals surface area (Å²) in [5, 5.41) is 3.35. The molecule has 0 aromatic heterocycles. The van der Waals surface area contributed by atoms with Gasteiger partial charge in [0.2, 0.25) is 5.91 Å². The van der Waals surface area contributed by atoms with Crippen LogP contribution in [0.15, 0.2) is 0 Å². The zero-order valence-electron chi connectivity index (χ0n) is 10.8. The summed E-state index contributed by atoms with van der Waals surface area (Å²) < 4.78 is 21.9. The quantitative estimate of drug-likeness (QED) is 0.775. The van der Waals surface area contributed by atoms with Crippen molar-refractivity contribution in [1.29, 1.82) is 0 Å². The summed E-state index contributed by atoms with van der Waals surface area (Å²) in [5.74, 6) is 0.157. The zero-order chi connectivity index (χ0) is 13.1. The number of sulfone groups is 1. The highest BCUT2D eigenvalue weighted by Crippen LogP contribution is 2.07. The van der Waals surface area contributed by atoms with Gasteiger partial charge in [0.1, 0.15) is 9.84 Å². The van der Waals surface area contributed by atoms with Crippen LogP contribution in [0.2, 0.25) is 0 Å². The number of rotatable bonds is 4. The van der Waals surface area contributed by atoms with E-state index in [-0.39, 0.29) is 11.7 Å². The van der Waals surface area contributed by atoms with Gasteiger partial charge in [-0.25, -0.2) is 8.42 Å². The molecule has 0 unspecified atom stereocenters. The van der Waals surface area contributed by atoms with Crippen LogP contribution in [-0.2, 0) is 14.6 Å². The Morgan fingerprint density at radius 2 is 1.82 bits per heavy atom. The van der Waals surface area contributed by atoms with Crippen molar-refractivity contribution in [3.8, 4) is 0 Å². The Morgan fingerprint density at radius 3 is 2.29 bits per heavy atom. The van der Waals surface area contributed by atoms with Gasteiger partial charge in [-0.15, -0.1) is 0 Å². The molecule has 0 spiro atoms. The third kappa shape index (κ3) is 5.50. The maximum absolute atomic E-state index is 11.9. The Bertz CT molecular complexity index is 357. The molecule has 1 amide bonds. The molecule has 0 aromatic rings. The number of carbonyl (C=O) groups is 1. The highest BCUT2D eigenvalue weighted by Gasteiger charge is 2.24. The molecule has 5 nitrogen and oxygen atoms in total. The van der Waals surface area contributed by atoms with E-state index in [2.05, 4.69) is 5.32 Å². The molecule has 0 aromatic carbocycles. The lowest BCUT2D eigenvalue weighted by atomic mass is 10.1. The van der Waals surface area contributed by atoms with Gasteiger partial charge in [-0.1, -0.05) is 0 Å². The molecule has 1 aliphatic heterocycles. The largest absolute Gasteiger partial charge is 0.340 e. The zero-order valence-corrected chi connectivity index (χ0v) is 11.6. The van der Waals surface area contributed by atoms with Gasteiger partial charge in [-0.3, -0.25) is 4.79 Å². The first-order chi connectivity index (χ1) is 7.78. The molecule has 0 bridgehead atoms. The molecule has 17 heavy (non-hydrogen) atoms. The summed E-state index contributed by atoms with van der Waals surface area (Å²) in [6, 6.07) is 0.607. The van der Waals surface area contributed by atoms with Crippen LogP contribution < -0.4 is 5.32 Å². The minimum Gasteiger partial charge on any atom is -0.340 e. The Hall–Kier alpha value is -0.620. The third-order valence-electron chi connectivity index (χ3n) is 2.82. The lowest BCUT2D eigenvalue weighted by Crippen LogP contribution is -2.55. The fourth-order valence-electron chi connectivity index (χ4n) is 2.17. The second kappa shape index (κ2) is 5.82. The predicted molar refractivity (Wildman–Crippen MR) is 67.6 cm³/mol. The number of hydrogen-bond acceptors (Lipinski definition) is 4. The van der Waals surface area contributed by atoms with Gasteiger partial charge in [0.15, 0.2) is 0 Å². The predicted octanol–water partition coefficient (Wildman–Crippen LogP) is 0.0200. The SMILES string of the molecule is C[C@@H]1CN(C(=O)CCCS(C)(=O)=O)C[C@H](C)N1. The molecule has 1 heterocycles. The first-order valence-corrected chi connectivity index (χ1v) is 8.05. The summed E-state index contributed by atoms with van der Waals surface area (Å²) in [5.41, 5.74) is 0. The molecule has 0 saturated carbocycles. The van der Waals surface area contributed by atoms with Crippen molar-refractivity contribution in [2.45, 2.75) is 38.8 Å². The van der Waals surface area contributed by atoms with Gasteiger partial charge in [0.05, 0.1) is 5.75 Å². The van der Waals surface area contributed by atoms with Gasteiger partial charge >= 0.3 is 0 Å². The Labute approximate surface area is 103 Å². The van der Waals surface area contributed by atoms with Gasteiger partial charge in [-0.2, -0.15) is 0 Å². The molecule has 100 valence electrons. The Balaban J connectivity index is 2.37. The van der Waals surface area contributed by atoms with Crippen LogP contribution in [0, 0.1) is 0 Å². The molecule has 1 saturated heterocycles. The Morgan fingerprint density at radius 1 is 1.29 bits per heavy atom. The smallest absolute Gasteiger partial charge is 0.222 e. The average Bonchev–Trinajstić information content (AvgIpc) is 2.13. The van der Waals surface area contributed by atoms with Crippen LogP contribution >= 0.6 is 0 Å². The van der Waals surface area contributed by atoms with E-state index >= 15 is 0 Å². The maximum atomic E-state index is 11.9. The molecule has 0 radical (unpaired) electrons. The number of hydrogen-bond donors (Lipinski definition) is 1. The minimum absolute atomic E-state index is 0.0638. The van der Waals surface area contributed by atoms with Crippen LogP contribution in [-0.4, -0.2) is 56.4 Å². The molecule has 1 rings (SSSR count). The minimum atomic E-state index is -2.96. The van der Waals surface area contributed by atoms with E-state index in [9.17, 15) is 13.2 Å². The summed E-state index contributed by atoms with van der Waals surface area (Å²) in [6.45, 7) is 5.52. The molecule has 0 aliphatic carbocycles. The maximum Gasteiger partial charge on any atom is 0.222 e. The van der Waals surface area contributed by atoms with Gasteiger partial charge in [0.25, 0.3) is 0 Å². The fourth-order valence-corrected chi connectivity index (χ4v) is 2.84. The summed E-state index contributed by atoms with van der Waals surface area (Å²) in [4.78, 5) is 13.7. The first-order valence-electron chi connectivity index (χ1n) is 5.99. The van der Waals surface area contributed by atoms with Gasteiger partial charge in [-0.05, 0) is 20.3 Å². The highest BCUT2D eigenvalue weighted by atomic mass is 32.2. The number of nitrogens with zero attached hydrogens (tertiary/aromatic N) is 1. The topological polar surface area (TPSA) is 66.5 Å². The second-order valence-electron chi connectivity index (χ2n) is 5.00. The van der Waals surface area contributed by atoms with E-state index in [4.69, 9.17) is 0 Å². The Kier molecular flexibility index (Phi) is 4.94. The van der Waals surface area contributed by atoms with Crippen LogP contribution in [0.4, 0.5) is 0 Å². The normalized spacial score (nSPS) is 25.9. The number of carbonyl (C=O) groups excluding carboxylic acids is 1. The monoisotopic (exact) mass is 262 g/mol. The lowest BCUT2D eigenvalue weighted by Gasteiger charge is -2.36. The van der Waals surface area contributed by atoms with Gasteiger partial charge in [0, 0.05) is 37.8 Å². The van der Waals surface area contributed by atoms with Crippen molar-refractivity contribution in [1.82, 2.24) is 10.2 Å².